The Balaban J connectivity index is 1.57. The van der Waals surface area contributed by atoms with E-state index in [0.717, 1.165) is 22.3 Å². The van der Waals surface area contributed by atoms with E-state index in [0.29, 0.717) is 5.56 Å². The molecule has 0 unspecified atom stereocenters. The van der Waals surface area contributed by atoms with Gasteiger partial charge in [0.25, 0.3) is 0 Å². The van der Waals surface area contributed by atoms with Gasteiger partial charge in [0, 0.05) is 5.56 Å². The summed E-state index contributed by atoms with van der Waals surface area (Å²) in [5.41, 5.74) is 3.99. The molecule has 0 aromatic heterocycles. The Morgan fingerprint density at radius 2 is 1.00 bits per heavy atom. The summed E-state index contributed by atoms with van der Waals surface area (Å²) in [6.07, 6.45) is 0. The summed E-state index contributed by atoms with van der Waals surface area (Å²) < 4.78 is 0. The van der Waals surface area contributed by atoms with Crippen LogP contribution in [0.5, 0.6) is 5.75 Å². The molecule has 0 saturated carbocycles. The Morgan fingerprint density at radius 3 is 1.55 bits per heavy atom. The van der Waals surface area contributed by atoms with E-state index in [2.05, 4.69) is 0 Å². The molecule has 0 aliphatic rings. The number of hydrogen-bond acceptors (Lipinski definition) is 3. The summed E-state index contributed by atoms with van der Waals surface area (Å²) in [6, 6.07) is 30.9. The number of aromatic hydroxyl groups is 1. The number of ketones is 2. The van der Waals surface area contributed by atoms with Crippen molar-refractivity contribution in [3.63, 3.8) is 0 Å². The molecule has 0 spiro atoms. The second kappa shape index (κ2) is 7.95. The number of phenolic OH excluding ortho intramolecular Hbond substituents is 1. The molecular weight excluding hydrogens is 360 g/mol. The Morgan fingerprint density at radius 1 is 0.517 bits per heavy atom. The zero-order chi connectivity index (χ0) is 20.2. The minimum absolute atomic E-state index is 0.00168. The number of carbonyl (C=O) groups excluding carboxylic acids is 2. The van der Waals surface area contributed by atoms with E-state index >= 15 is 0 Å². The maximum atomic E-state index is 12.7. The molecule has 4 rings (SSSR count). The van der Waals surface area contributed by atoms with Crippen molar-refractivity contribution in [2.75, 3.05) is 0 Å². The minimum Gasteiger partial charge on any atom is -0.507 e. The van der Waals surface area contributed by atoms with Crippen LogP contribution in [0.3, 0.4) is 0 Å². The van der Waals surface area contributed by atoms with Crippen molar-refractivity contribution in [3.05, 3.63) is 114 Å². The first kappa shape index (κ1) is 18.4. The fourth-order valence-corrected chi connectivity index (χ4v) is 3.23. The topological polar surface area (TPSA) is 54.4 Å². The average Bonchev–Trinajstić information content (AvgIpc) is 2.79. The molecule has 0 amide bonds. The Kier molecular flexibility index (Phi) is 5.04. The highest BCUT2D eigenvalue weighted by atomic mass is 16.3. The summed E-state index contributed by atoms with van der Waals surface area (Å²) in [5.74, 6) is -1.58. The summed E-state index contributed by atoms with van der Waals surface area (Å²) in [6.45, 7) is 0. The van der Waals surface area contributed by atoms with Crippen molar-refractivity contribution in [2.24, 2.45) is 0 Å². The van der Waals surface area contributed by atoms with Gasteiger partial charge >= 0.3 is 0 Å². The van der Waals surface area contributed by atoms with E-state index < -0.39 is 11.6 Å². The van der Waals surface area contributed by atoms with Gasteiger partial charge in [-0.1, -0.05) is 91.0 Å². The third kappa shape index (κ3) is 3.85. The van der Waals surface area contributed by atoms with E-state index in [1.807, 2.05) is 72.8 Å². The van der Waals surface area contributed by atoms with Crippen molar-refractivity contribution in [1.29, 1.82) is 0 Å². The van der Waals surface area contributed by atoms with Gasteiger partial charge < -0.3 is 5.11 Å². The van der Waals surface area contributed by atoms with Crippen molar-refractivity contribution in [2.45, 2.75) is 0 Å². The molecule has 29 heavy (non-hydrogen) atoms. The highest BCUT2D eigenvalue weighted by molar-refractivity contribution is 6.49. The van der Waals surface area contributed by atoms with Crippen molar-refractivity contribution >= 4 is 11.6 Å². The van der Waals surface area contributed by atoms with Crippen LogP contribution in [0.25, 0.3) is 22.3 Å². The molecule has 3 heteroatoms. The predicted molar refractivity (Wildman–Crippen MR) is 114 cm³/mol. The zero-order valence-electron chi connectivity index (χ0n) is 15.6. The maximum absolute atomic E-state index is 12.7. The lowest BCUT2D eigenvalue weighted by Gasteiger charge is -2.07. The van der Waals surface area contributed by atoms with Crippen molar-refractivity contribution in [3.8, 4) is 28.0 Å². The number of phenols is 1. The lowest BCUT2D eigenvalue weighted by atomic mass is 9.96. The molecule has 0 radical (unpaired) electrons. The number of Topliss-reactive ketones (excluding diaryl/α,β-unsaturated/α-hetero) is 2. The Hall–Kier alpha value is -3.98. The Bertz CT molecular complexity index is 1160. The van der Waals surface area contributed by atoms with E-state index in [1.54, 1.807) is 18.2 Å². The first-order chi connectivity index (χ1) is 14.1. The molecule has 4 aromatic carbocycles. The van der Waals surface area contributed by atoms with Gasteiger partial charge in [0.1, 0.15) is 5.75 Å². The molecule has 0 heterocycles. The van der Waals surface area contributed by atoms with Crippen LogP contribution < -0.4 is 0 Å². The molecule has 4 aromatic rings. The lowest BCUT2D eigenvalue weighted by molar-refractivity contribution is 0.0815. The van der Waals surface area contributed by atoms with E-state index in [1.165, 1.54) is 12.1 Å². The van der Waals surface area contributed by atoms with Crippen molar-refractivity contribution in [1.82, 2.24) is 0 Å². The van der Waals surface area contributed by atoms with Gasteiger partial charge in [-0.3, -0.25) is 9.59 Å². The standard InChI is InChI=1S/C26H18O3/c27-24-17-22(19-9-5-2-6-10-19)15-16-23(24)26(29)25(28)21-13-11-20(12-14-21)18-7-3-1-4-8-18/h1-17,27H. The highest BCUT2D eigenvalue weighted by Crippen LogP contribution is 2.27. The third-order valence-corrected chi connectivity index (χ3v) is 4.81. The van der Waals surface area contributed by atoms with Crippen LogP contribution in [0.4, 0.5) is 0 Å². The van der Waals surface area contributed by atoms with Gasteiger partial charge in [-0.25, -0.2) is 0 Å². The summed E-state index contributed by atoms with van der Waals surface area (Å²) in [5, 5.41) is 10.3. The molecule has 1 N–H and O–H groups in total. The summed E-state index contributed by atoms with van der Waals surface area (Å²) in [7, 11) is 0. The van der Waals surface area contributed by atoms with Crippen LogP contribution >= 0.6 is 0 Å². The van der Waals surface area contributed by atoms with Crippen LogP contribution in [0.1, 0.15) is 20.7 Å². The lowest BCUT2D eigenvalue weighted by Crippen LogP contribution is -2.14. The number of benzene rings is 4. The summed E-state index contributed by atoms with van der Waals surface area (Å²) >= 11 is 0. The fourth-order valence-electron chi connectivity index (χ4n) is 3.23. The van der Waals surface area contributed by atoms with Crippen LogP contribution in [-0.2, 0) is 0 Å². The maximum Gasteiger partial charge on any atom is 0.237 e. The van der Waals surface area contributed by atoms with Gasteiger partial charge in [0.15, 0.2) is 0 Å². The zero-order valence-corrected chi connectivity index (χ0v) is 15.6. The van der Waals surface area contributed by atoms with E-state index in [4.69, 9.17) is 0 Å². The van der Waals surface area contributed by atoms with Gasteiger partial charge in [-0.2, -0.15) is 0 Å². The third-order valence-electron chi connectivity index (χ3n) is 4.81. The average molecular weight is 378 g/mol. The van der Waals surface area contributed by atoms with E-state index in [9.17, 15) is 14.7 Å². The van der Waals surface area contributed by atoms with Crippen molar-refractivity contribution < 1.29 is 14.7 Å². The first-order valence-corrected chi connectivity index (χ1v) is 9.26. The normalized spacial score (nSPS) is 10.5. The first-order valence-electron chi connectivity index (χ1n) is 9.26. The summed E-state index contributed by atoms with van der Waals surface area (Å²) in [4.78, 5) is 25.3. The molecule has 3 nitrogen and oxygen atoms in total. The molecule has 0 fully saturated rings. The molecular formula is C26H18O3. The minimum atomic E-state index is -0.727. The van der Waals surface area contributed by atoms with Crippen LogP contribution in [-0.4, -0.2) is 16.7 Å². The van der Waals surface area contributed by atoms with Gasteiger partial charge in [0.2, 0.25) is 11.6 Å². The fraction of sp³-hybridized carbons (Fsp3) is 0. The van der Waals surface area contributed by atoms with Crippen LogP contribution in [0.2, 0.25) is 0 Å². The second-order valence-corrected chi connectivity index (χ2v) is 6.70. The molecule has 0 bridgehead atoms. The SMILES string of the molecule is O=C(C(=O)c1ccc(-c2ccccc2)cc1O)c1ccc(-c2ccccc2)cc1. The predicted octanol–water partition coefficient (Wildman–Crippen LogP) is 5.79. The molecule has 0 aliphatic heterocycles. The smallest absolute Gasteiger partial charge is 0.237 e. The number of hydrogen-bond donors (Lipinski definition) is 1. The highest BCUT2D eigenvalue weighted by Gasteiger charge is 2.21. The second-order valence-electron chi connectivity index (χ2n) is 6.70. The number of rotatable bonds is 5. The monoisotopic (exact) mass is 378 g/mol. The molecule has 0 aliphatic carbocycles. The largest absolute Gasteiger partial charge is 0.507 e. The van der Waals surface area contributed by atoms with Crippen LogP contribution in [0, 0.1) is 0 Å². The molecule has 140 valence electrons. The van der Waals surface area contributed by atoms with Gasteiger partial charge in [0.05, 0.1) is 5.56 Å². The molecule has 0 saturated heterocycles. The van der Waals surface area contributed by atoms with Gasteiger partial charge in [-0.15, -0.1) is 0 Å². The quantitative estimate of drug-likeness (QED) is 0.353. The van der Waals surface area contributed by atoms with Crippen LogP contribution in [0.15, 0.2) is 103 Å². The van der Waals surface area contributed by atoms with Gasteiger partial charge in [-0.05, 0) is 34.4 Å². The number of carbonyl (C=O) groups is 2. The molecule has 0 atom stereocenters. The van der Waals surface area contributed by atoms with E-state index in [-0.39, 0.29) is 11.3 Å². The Labute approximate surface area is 168 Å².